The Balaban J connectivity index is 0.00000392. The zero-order valence-electron chi connectivity index (χ0n) is 18.8. The molecule has 0 bridgehead atoms. The summed E-state index contributed by atoms with van der Waals surface area (Å²) in [6.07, 6.45) is 4.86. The highest BCUT2D eigenvalue weighted by atomic mass is 127. The molecule has 2 fully saturated rings. The predicted octanol–water partition coefficient (Wildman–Crippen LogP) is 2.45. The standard InChI is InChI=1S/C21H44N6.HI/c1-5-22-21(24-20-9-13-27(14-10-20)19(3)4)23-11-7-8-12-26-17-15-25(6-2)16-18-26;/h19-20H,5-18H2,1-4H3,(H2,22,23,24);1H. The Morgan fingerprint density at radius 2 is 1.61 bits per heavy atom. The highest BCUT2D eigenvalue weighted by molar-refractivity contribution is 14.0. The predicted molar refractivity (Wildman–Crippen MR) is 132 cm³/mol. The first-order valence-corrected chi connectivity index (χ1v) is 11.4. The molecule has 0 aliphatic carbocycles. The molecule has 0 aromatic rings. The average Bonchev–Trinajstić information content (AvgIpc) is 2.68. The van der Waals surface area contributed by atoms with Crippen LogP contribution in [0.5, 0.6) is 0 Å². The summed E-state index contributed by atoms with van der Waals surface area (Å²) in [7, 11) is 0. The van der Waals surface area contributed by atoms with Crippen molar-refractivity contribution in [3.05, 3.63) is 0 Å². The third kappa shape index (κ3) is 9.59. The van der Waals surface area contributed by atoms with E-state index in [1.54, 1.807) is 0 Å². The van der Waals surface area contributed by atoms with E-state index in [9.17, 15) is 0 Å². The molecule has 28 heavy (non-hydrogen) atoms. The molecular formula is C21H45IN6. The molecule has 2 N–H and O–H groups in total. The highest BCUT2D eigenvalue weighted by Crippen LogP contribution is 2.12. The maximum absolute atomic E-state index is 4.82. The van der Waals surface area contributed by atoms with Crippen molar-refractivity contribution in [1.82, 2.24) is 25.3 Å². The number of halogens is 1. The maximum atomic E-state index is 4.82. The van der Waals surface area contributed by atoms with E-state index in [-0.39, 0.29) is 24.0 Å². The van der Waals surface area contributed by atoms with Gasteiger partial charge in [-0.25, -0.2) is 0 Å². The number of piperidine rings is 1. The number of nitrogens with one attached hydrogen (secondary N) is 2. The molecule has 0 unspecified atom stereocenters. The van der Waals surface area contributed by atoms with Crippen LogP contribution in [0.3, 0.4) is 0 Å². The molecule has 0 saturated carbocycles. The first-order valence-electron chi connectivity index (χ1n) is 11.4. The molecule has 0 aromatic heterocycles. The van der Waals surface area contributed by atoms with Gasteiger partial charge in [0.05, 0.1) is 0 Å². The Kier molecular flexibility index (Phi) is 13.7. The van der Waals surface area contributed by atoms with Crippen LogP contribution in [0.1, 0.15) is 53.4 Å². The zero-order chi connectivity index (χ0) is 19.5. The molecule has 2 rings (SSSR count). The minimum atomic E-state index is 0. The van der Waals surface area contributed by atoms with Crippen molar-refractivity contribution in [3.63, 3.8) is 0 Å². The lowest BCUT2D eigenvalue weighted by molar-refractivity contribution is 0.136. The number of rotatable bonds is 9. The molecule has 0 atom stereocenters. The van der Waals surface area contributed by atoms with Crippen molar-refractivity contribution in [2.75, 3.05) is 65.4 Å². The summed E-state index contributed by atoms with van der Waals surface area (Å²) in [5, 5.41) is 7.09. The lowest BCUT2D eigenvalue weighted by Gasteiger charge is -2.35. The van der Waals surface area contributed by atoms with Crippen LogP contribution in [0.2, 0.25) is 0 Å². The van der Waals surface area contributed by atoms with Gasteiger partial charge in [0.25, 0.3) is 0 Å². The number of guanidine groups is 1. The largest absolute Gasteiger partial charge is 0.357 e. The Labute approximate surface area is 190 Å². The van der Waals surface area contributed by atoms with Gasteiger partial charge in [0.15, 0.2) is 5.96 Å². The number of hydrogen-bond acceptors (Lipinski definition) is 4. The van der Waals surface area contributed by atoms with Crippen LogP contribution < -0.4 is 10.6 Å². The van der Waals surface area contributed by atoms with Gasteiger partial charge >= 0.3 is 0 Å². The summed E-state index contributed by atoms with van der Waals surface area (Å²) >= 11 is 0. The lowest BCUT2D eigenvalue weighted by atomic mass is 10.0. The van der Waals surface area contributed by atoms with E-state index < -0.39 is 0 Å². The summed E-state index contributed by atoms with van der Waals surface area (Å²) in [4.78, 5) is 12.6. The zero-order valence-corrected chi connectivity index (χ0v) is 21.1. The van der Waals surface area contributed by atoms with E-state index in [4.69, 9.17) is 4.99 Å². The number of likely N-dealkylation sites (tertiary alicyclic amines) is 1. The quantitative estimate of drug-likeness (QED) is 0.217. The van der Waals surface area contributed by atoms with Crippen molar-refractivity contribution in [2.45, 2.75) is 65.5 Å². The number of hydrogen-bond donors (Lipinski definition) is 2. The van der Waals surface area contributed by atoms with Gasteiger partial charge in [-0.3, -0.25) is 4.99 Å². The third-order valence-corrected chi connectivity index (χ3v) is 6.01. The van der Waals surface area contributed by atoms with Crippen LogP contribution in [-0.2, 0) is 0 Å². The SMILES string of the molecule is CCNC(=NCCCCN1CCN(CC)CC1)NC1CCN(C(C)C)CC1.I. The fourth-order valence-electron chi connectivity index (χ4n) is 4.04. The summed E-state index contributed by atoms with van der Waals surface area (Å²) in [5.74, 6) is 1.01. The van der Waals surface area contributed by atoms with Gasteiger partial charge in [0.1, 0.15) is 0 Å². The topological polar surface area (TPSA) is 46.1 Å². The van der Waals surface area contributed by atoms with Gasteiger partial charge in [-0.05, 0) is 59.5 Å². The van der Waals surface area contributed by atoms with E-state index in [0.29, 0.717) is 12.1 Å². The minimum absolute atomic E-state index is 0. The molecule has 0 spiro atoms. The summed E-state index contributed by atoms with van der Waals surface area (Å²) in [6.45, 7) is 20.6. The monoisotopic (exact) mass is 508 g/mol. The molecule has 2 heterocycles. The van der Waals surface area contributed by atoms with Gasteiger partial charge in [-0.2, -0.15) is 0 Å². The van der Waals surface area contributed by atoms with Gasteiger partial charge in [0.2, 0.25) is 0 Å². The molecule has 166 valence electrons. The van der Waals surface area contributed by atoms with Crippen molar-refractivity contribution < 1.29 is 0 Å². The summed E-state index contributed by atoms with van der Waals surface area (Å²) in [5.41, 5.74) is 0. The van der Waals surface area contributed by atoms with Gasteiger partial charge in [-0.1, -0.05) is 6.92 Å². The molecule has 2 aliphatic rings. The van der Waals surface area contributed by atoms with E-state index in [1.807, 2.05) is 0 Å². The van der Waals surface area contributed by atoms with E-state index >= 15 is 0 Å². The molecular weight excluding hydrogens is 463 g/mol. The van der Waals surface area contributed by atoms with Crippen LogP contribution in [0.25, 0.3) is 0 Å². The van der Waals surface area contributed by atoms with Crippen LogP contribution >= 0.6 is 24.0 Å². The molecule has 7 heteroatoms. The molecule has 2 aliphatic heterocycles. The number of nitrogens with zero attached hydrogens (tertiary/aromatic N) is 4. The first kappa shape index (κ1) is 25.9. The summed E-state index contributed by atoms with van der Waals surface area (Å²) < 4.78 is 0. The Hall–Kier alpha value is -0.120. The Bertz CT molecular complexity index is 415. The summed E-state index contributed by atoms with van der Waals surface area (Å²) in [6, 6.07) is 1.23. The number of likely N-dealkylation sites (N-methyl/N-ethyl adjacent to an activating group) is 1. The Morgan fingerprint density at radius 1 is 0.964 bits per heavy atom. The molecule has 0 aromatic carbocycles. The Morgan fingerprint density at radius 3 is 2.18 bits per heavy atom. The smallest absolute Gasteiger partial charge is 0.191 e. The average molecular weight is 509 g/mol. The second kappa shape index (κ2) is 14.8. The van der Waals surface area contributed by atoms with Gasteiger partial charge < -0.3 is 25.3 Å². The normalized spacial score (nSPS) is 21.0. The molecule has 2 saturated heterocycles. The van der Waals surface area contributed by atoms with Crippen molar-refractivity contribution in [2.24, 2.45) is 4.99 Å². The van der Waals surface area contributed by atoms with Crippen LogP contribution in [0, 0.1) is 0 Å². The third-order valence-electron chi connectivity index (χ3n) is 6.01. The number of piperazine rings is 1. The molecule has 6 nitrogen and oxygen atoms in total. The number of aliphatic imine (C=N–C) groups is 1. The van der Waals surface area contributed by atoms with E-state index in [2.05, 4.69) is 53.0 Å². The van der Waals surface area contributed by atoms with Crippen molar-refractivity contribution >= 4 is 29.9 Å². The first-order chi connectivity index (χ1) is 13.1. The molecule has 0 radical (unpaired) electrons. The molecule has 0 amide bonds. The van der Waals surface area contributed by atoms with Gasteiger partial charge in [-0.15, -0.1) is 24.0 Å². The fraction of sp³-hybridized carbons (Fsp3) is 0.952. The van der Waals surface area contributed by atoms with E-state index in [1.165, 1.54) is 78.0 Å². The van der Waals surface area contributed by atoms with Crippen LogP contribution in [0.15, 0.2) is 4.99 Å². The van der Waals surface area contributed by atoms with E-state index in [0.717, 1.165) is 19.0 Å². The minimum Gasteiger partial charge on any atom is -0.357 e. The highest BCUT2D eigenvalue weighted by Gasteiger charge is 2.21. The van der Waals surface area contributed by atoms with Crippen LogP contribution in [-0.4, -0.2) is 98.2 Å². The fourth-order valence-corrected chi connectivity index (χ4v) is 4.04. The second-order valence-corrected chi connectivity index (χ2v) is 8.29. The maximum Gasteiger partial charge on any atom is 0.191 e. The van der Waals surface area contributed by atoms with Crippen LogP contribution in [0.4, 0.5) is 0 Å². The van der Waals surface area contributed by atoms with Crippen molar-refractivity contribution in [3.8, 4) is 0 Å². The lowest BCUT2D eigenvalue weighted by Crippen LogP contribution is -2.49. The second-order valence-electron chi connectivity index (χ2n) is 8.29. The van der Waals surface area contributed by atoms with Crippen molar-refractivity contribution in [1.29, 1.82) is 0 Å². The number of unbranched alkanes of at least 4 members (excludes halogenated alkanes) is 1. The van der Waals surface area contributed by atoms with Gasteiger partial charge in [0, 0.05) is 64.4 Å².